The van der Waals surface area contributed by atoms with Gasteiger partial charge in [0.1, 0.15) is 5.82 Å². The van der Waals surface area contributed by atoms with Crippen LogP contribution in [-0.2, 0) is 19.4 Å². The number of aromatic nitrogens is 1. The summed E-state index contributed by atoms with van der Waals surface area (Å²) in [6, 6.07) is 13.0. The fraction of sp³-hybridized carbons (Fsp3) is 0.370. The molecule has 0 amide bonds. The van der Waals surface area contributed by atoms with E-state index in [0.29, 0.717) is 5.92 Å². The number of hydrogen-bond donors (Lipinski definition) is 2. The van der Waals surface area contributed by atoms with Crippen molar-refractivity contribution in [1.29, 1.82) is 0 Å². The third-order valence-electron chi connectivity index (χ3n) is 6.22. The van der Waals surface area contributed by atoms with Crippen LogP contribution in [0, 0.1) is 5.92 Å². The van der Waals surface area contributed by atoms with E-state index in [9.17, 15) is 0 Å². The summed E-state index contributed by atoms with van der Waals surface area (Å²) in [4.78, 5) is 4.23. The number of hydrogen-bond acceptors (Lipinski definition) is 4. The predicted molar refractivity (Wildman–Crippen MR) is 128 cm³/mol. The number of pyridine rings is 1. The van der Waals surface area contributed by atoms with Crippen LogP contribution in [0.4, 0.5) is 0 Å². The summed E-state index contributed by atoms with van der Waals surface area (Å²) >= 11 is 0. The van der Waals surface area contributed by atoms with E-state index in [2.05, 4.69) is 70.1 Å². The second-order valence-electron chi connectivity index (χ2n) is 8.22. The summed E-state index contributed by atoms with van der Waals surface area (Å²) in [6.07, 6.45) is 13.1. The van der Waals surface area contributed by atoms with Crippen molar-refractivity contribution >= 4 is 0 Å². The molecule has 3 aliphatic rings. The van der Waals surface area contributed by atoms with Gasteiger partial charge in [-0.05, 0) is 77.7 Å². The van der Waals surface area contributed by atoms with E-state index in [4.69, 9.17) is 0 Å². The molecule has 0 fully saturated rings. The van der Waals surface area contributed by atoms with Crippen molar-refractivity contribution in [2.24, 2.45) is 5.92 Å². The molecule has 1 aliphatic carbocycles. The van der Waals surface area contributed by atoms with Gasteiger partial charge in [0, 0.05) is 25.5 Å². The van der Waals surface area contributed by atoms with Crippen molar-refractivity contribution in [3.8, 4) is 0 Å². The Kier molecular flexibility index (Phi) is 6.88. The normalized spacial score (nSPS) is 17.5. The number of hydrazine groups is 1. The van der Waals surface area contributed by atoms with Gasteiger partial charge in [-0.25, -0.2) is 5.43 Å². The molecule has 0 saturated heterocycles. The van der Waals surface area contributed by atoms with E-state index in [0.717, 1.165) is 31.8 Å². The Morgan fingerprint density at radius 2 is 1.84 bits per heavy atom. The fourth-order valence-electron chi connectivity index (χ4n) is 4.72. The van der Waals surface area contributed by atoms with Gasteiger partial charge in [-0.1, -0.05) is 51.1 Å². The zero-order valence-electron chi connectivity index (χ0n) is 19.0. The van der Waals surface area contributed by atoms with Gasteiger partial charge >= 0.3 is 0 Å². The van der Waals surface area contributed by atoms with E-state index in [1.54, 1.807) is 0 Å². The van der Waals surface area contributed by atoms with E-state index in [1.807, 2.05) is 32.3 Å². The molecule has 4 heteroatoms. The maximum Gasteiger partial charge on any atom is 0.121 e. The highest BCUT2D eigenvalue weighted by atomic mass is 15.6. The van der Waals surface area contributed by atoms with Crippen LogP contribution in [0.5, 0.6) is 0 Å². The second-order valence-corrected chi connectivity index (χ2v) is 8.22. The molecular formula is C27H34N4. The molecular weight excluding hydrogens is 380 g/mol. The van der Waals surface area contributed by atoms with Crippen molar-refractivity contribution in [1.82, 2.24) is 20.7 Å². The SMILES string of the molecule is CC.CCC1=C2C=C(CC3Cc4ccccc4C3)C=C(NCc3cccnc3)N2NC1. The maximum atomic E-state index is 4.23. The van der Waals surface area contributed by atoms with E-state index in [-0.39, 0.29) is 0 Å². The fourth-order valence-corrected chi connectivity index (χ4v) is 4.72. The molecule has 2 aliphatic heterocycles. The molecule has 1 aromatic carbocycles. The van der Waals surface area contributed by atoms with Crippen molar-refractivity contribution in [3.63, 3.8) is 0 Å². The first kappa shape index (κ1) is 21.4. The first-order valence-corrected chi connectivity index (χ1v) is 11.7. The lowest BCUT2D eigenvalue weighted by Crippen LogP contribution is -2.38. The Labute approximate surface area is 186 Å². The molecule has 0 bridgehead atoms. The van der Waals surface area contributed by atoms with Crippen molar-refractivity contribution in [2.75, 3.05) is 6.54 Å². The Hall–Kier alpha value is -2.85. The summed E-state index contributed by atoms with van der Waals surface area (Å²) in [5, 5.41) is 5.86. The Morgan fingerprint density at radius 3 is 2.52 bits per heavy atom. The van der Waals surface area contributed by atoms with Crippen LogP contribution in [0.25, 0.3) is 0 Å². The van der Waals surface area contributed by atoms with Gasteiger partial charge in [-0.3, -0.25) is 9.99 Å². The van der Waals surface area contributed by atoms with E-state index >= 15 is 0 Å². The van der Waals surface area contributed by atoms with Crippen LogP contribution in [0.3, 0.4) is 0 Å². The van der Waals surface area contributed by atoms with Gasteiger partial charge in [0.15, 0.2) is 0 Å². The summed E-state index contributed by atoms with van der Waals surface area (Å²) < 4.78 is 0. The molecule has 2 aromatic rings. The first-order chi connectivity index (χ1) is 15.3. The molecule has 0 radical (unpaired) electrons. The van der Waals surface area contributed by atoms with Gasteiger partial charge in [0.2, 0.25) is 0 Å². The van der Waals surface area contributed by atoms with Crippen LogP contribution >= 0.6 is 0 Å². The number of benzene rings is 1. The molecule has 0 saturated carbocycles. The van der Waals surface area contributed by atoms with Gasteiger partial charge in [-0.2, -0.15) is 0 Å². The lowest BCUT2D eigenvalue weighted by molar-refractivity contribution is 0.330. The predicted octanol–water partition coefficient (Wildman–Crippen LogP) is 5.27. The van der Waals surface area contributed by atoms with Crippen LogP contribution in [0.1, 0.15) is 50.3 Å². The molecule has 162 valence electrons. The van der Waals surface area contributed by atoms with Gasteiger partial charge < -0.3 is 5.32 Å². The number of allylic oxidation sites excluding steroid dienone is 3. The summed E-state index contributed by atoms with van der Waals surface area (Å²) in [5.74, 6) is 1.83. The topological polar surface area (TPSA) is 40.2 Å². The maximum absolute atomic E-state index is 4.23. The highest BCUT2D eigenvalue weighted by Crippen LogP contribution is 2.35. The smallest absolute Gasteiger partial charge is 0.121 e. The molecule has 5 rings (SSSR count). The minimum Gasteiger partial charge on any atom is -0.366 e. The highest BCUT2D eigenvalue weighted by Gasteiger charge is 2.28. The quantitative estimate of drug-likeness (QED) is 0.676. The number of fused-ring (bicyclic) bond motifs is 2. The molecule has 0 spiro atoms. The van der Waals surface area contributed by atoms with Crippen molar-refractivity contribution in [3.05, 3.63) is 100 Å². The molecule has 3 heterocycles. The van der Waals surface area contributed by atoms with Crippen molar-refractivity contribution < 1.29 is 0 Å². The molecule has 2 N–H and O–H groups in total. The summed E-state index contributed by atoms with van der Waals surface area (Å²) in [5.41, 5.74) is 12.0. The lowest BCUT2D eigenvalue weighted by Gasteiger charge is -2.29. The van der Waals surface area contributed by atoms with Crippen LogP contribution in [0.15, 0.2) is 83.6 Å². The van der Waals surface area contributed by atoms with Crippen LogP contribution in [0.2, 0.25) is 0 Å². The Balaban J connectivity index is 0.00000112. The largest absolute Gasteiger partial charge is 0.366 e. The average Bonchev–Trinajstić information content (AvgIpc) is 3.42. The third kappa shape index (κ3) is 4.75. The first-order valence-electron chi connectivity index (χ1n) is 11.7. The Bertz CT molecular complexity index is 962. The number of nitrogens with one attached hydrogen (secondary N) is 2. The molecule has 0 unspecified atom stereocenters. The Morgan fingerprint density at radius 1 is 1.06 bits per heavy atom. The monoisotopic (exact) mass is 414 g/mol. The highest BCUT2D eigenvalue weighted by molar-refractivity contribution is 5.44. The summed E-state index contributed by atoms with van der Waals surface area (Å²) in [7, 11) is 0. The van der Waals surface area contributed by atoms with Crippen LogP contribution < -0.4 is 10.7 Å². The van der Waals surface area contributed by atoms with E-state index in [1.165, 1.54) is 46.4 Å². The minimum atomic E-state index is 0.695. The molecule has 0 atom stereocenters. The average molecular weight is 415 g/mol. The van der Waals surface area contributed by atoms with Crippen LogP contribution in [-0.4, -0.2) is 16.5 Å². The van der Waals surface area contributed by atoms with E-state index < -0.39 is 0 Å². The number of nitrogens with zero attached hydrogens (tertiary/aromatic N) is 2. The van der Waals surface area contributed by atoms with Gasteiger partial charge in [0.25, 0.3) is 0 Å². The third-order valence-corrected chi connectivity index (χ3v) is 6.22. The standard InChI is InChI=1S/C25H28N4.C2H6/c1-2-21-17-28-29-24(21)13-20(10-19-11-22-7-3-4-8-23(22)12-19)14-25(29)27-16-18-6-5-9-26-15-18;1-2/h3-9,13-15,19,27-28H,2,10-12,16-17H2,1H3;1-2H3. The van der Waals surface area contributed by atoms with Crippen molar-refractivity contribution in [2.45, 2.75) is 53.0 Å². The lowest BCUT2D eigenvalue weighted by atomic mass is 9.94. The van der Waals surface area contributed by atoms with Gasteiger partial charge in [0.05, 0.1) is 5.70 Å². The number of rotatable bonds is 6. The zero-order valence-corrected chi connectivity index (χ0v) is 19.0. The molecule has 1 aromatic heterocycles. The van der Waals surface area contributed by atoms with Gasteiger partial charge in [-0.15, -0.1) is 0 Å². The zero-order chi connectivity index (χ0) is 21.6. The molecule has 4 nitrogen and oxygen atoms in total. The second kappa shape index (κ2) is 9.97. The minimum absolute atomic E-state index is 0.695. The molecule has 31 heavy (non-hydrogen) atoms. The summed E-state index contributed by atoms with van der Waals surface area (Å²) in [6.45, 7) is 7.95.